The van der Waals surface area contributed by atoms with Gasteiger partial charge in [-0.05, 0) is 12.8 Å². The van der Waals surface area contributed by atoms with Crippen LogP contribution < -0.4 is 4.90 Å². The quantitative estimate of drug-likeness (QED) is 0.866. The number of β-amino-alcohol motifs (C(OH)–C–C–N with tert-alkyl or cyclic N) is 1. The Labute approximate surface area is 140 Å². The minimum atomic E-state index is -0.990. The summed E-state index contributed by atoms with van der Waals surface area (Å²) in [5.74, 6) is 0.529. The van der Waals surface area contributed by atoms with Gasteiger partial charge in [-0.15, -0.1) is 0 Å². The van der Waals surface area contributed by atoms with Crippen LogP contribution in [0.25, 0.3) is 0 Å². The first-order valence-electron chi connectivity index (χ1n) is 7.81. The molecule has 1 aliphatic heterocycles. The Bertz CT molecular complexity index is 683. The highest BCUT2D eigenvalue weighted by molar-refractivity contribution is 5.93. The number of aromatic nitrogens is 4. The van der Waals surface area contributed by atoms with Gasteiger partial charge in [0, 0.05) is 44.9 Å². The van der Waals surface area contributed by atoms with E-state index in [1.807, 2.05) is 4.90 Å². The molecule has 24 heavy (non-hydrogen) atoms. The minimum Gasteiger partial charge on any atom is -0.386 e. The molecule has 1 atom stereocenters. The summed E-state index contributed by atoms with van der Waals surface area (Å²) in [7, 11) is 1.68. The fourth-order valence-electron chi connectivity index (χ4n) is 3.03. The van der Waals surface area contributed by atoms with E-state index >= 15 is 0 Å². The first-order valence-corrected chi connectivity index (χ1v) is 7.81. The molecular weight excluding hydrogens is 308 g/mol. The second-order valence-corrected chi connectivity index (χ2v) is 6.10. The van der Waals surface area contributed by atoms with Crippen molar-refractivity contribution in [2.45, 2.75) is 18.4 Å². The summed E-state index contributed by atoms with van der Waals surface area (Å²) in [4.78, 5) is 32.0. The lowest BCUT2D eigenvalue weighted by Crippen LogP contribution is -2.54. The Morgan fingerprint density at radius 3 is 2.79 bits per heavy atom. The van der Waals surface area contributed by atoms with Gasteiger partial charge in [-0.3, -0.25) is 9.78 Å². The average Bonchev–Trinajstić information content (AvgIpc) is 2.62. The molecule has 2 aromatic rings. The molecule has 8 nitrogen and oxygen atoms in total. The van der Waals surface area contributed by atoms with E-state index in [2.05, 4.69) is 19.9 Å². The van der Waals surface area contributed by atoms with Gasteiger partial charge in [-0.25, -0.2) is 15.0 Å². The normalized spacial score (nSPS) is 20.7. The molecule has 0 aliphatic carbocycles. The molecule has 3 heterocycles. The third kappa shape index (κ3) is 3.65. The Balaban J connectivity index is 1.68. The van der Waals surface area contributed by atoms with Gasteiger partial charge in [0.1, 0.15) is 12.1 Å². The molecule has 2 aromatic heterocycles. The maximum Gasteiger partial charge on any atom is 0.256 e. The smallest absolute Gasteiger partial charge is 0.256 e. The van der Waals surface area contributed by atoms with Crippen LogP contribution in [0.2, 0.25) is 0 Å². The highest BCUT2D eigenvalue weighted by Crippen LogP contribution is 2.25. The lowest BCUT2D eigenvalue weighted by molar-refractivity contribution is -0.000169. The molecule has 1 N–H and O–H groups in total. The van der Waals surface area contributed by atoms with Crippen LogP contribution in [0.1, 0.15) is 23.2 Å². The molecule has 0 bridgehead atoms. The fraction of sp³-hybridized carbons (Fsp3) is 0.438. The van der Waals surface area contributed by atoms with Crippen molar-refractivity contribution in [2.24, 2.45) is 0 Å². The van der Waals surface area contributed by atoms with E-state index in [-0.39, 0.29) is 12.5 Å². The van der Waals surface area contributed by atoms with Crippen molar-refractivity contribution in [1.82, 2.24) is 24.8 Å². The van der Waals surface area contributed by atoms with Crippen LogP contribution in [0.15, 0.2) is 37.3 Å². The Kier molecular flexibility index (Phi) is 4.66. The highest BCUT2D eigenvalue weighted by Gasteiger charge is 2.36. The standard InChI is InChI=1S/C16H20N6O2/c1-21(15(23)13-7-18-12-19-8-13)10-16(24)3-2-6-22(11-16)14-9-17-4-5-20-14/h4-5,7-9,12,24H,2-3,6,10-11H2,1H3/t16-/m0/s1. The van der Waals surface area contributed by atoms with E-state index in [9.17, 15) is 9.90 Å². The van der Waals surface area contributed by atoms with Crippen molar-refractivity contribution in [2.75, 3.05) is 31.6 Å². The number of anilines is 1. The molecule has 0 saturated carbocycles. The van der Waals surface area contributed by atoms with E-state index in [1.54, 1.807) is 25.6 Å². The van der Waals surface area contributed by atoms with Crippen molar-refractivity contribution >= 4 is 11.7 Å². The number of likely N-dealkylation sites (N-methyl/N-ethyl adjacent to an activating group) is 1. The summed E-state index contributed by atoms with van der Waals surface area (Å²) >= 11 is 0. The van der Waals surface area contributed by atoms with Crippen LogP contribution in [-0.2, 0) is 0 Å². The van der Waals surface area contributed by atoms with Crippen LogP contribution in [0.4, 0.5) is 5.82 Å². The largest absolute Gasteiger partial charge is 0.386 e. The second kappa shape index (κ2) is 6.88. The predicted octanol–water partition coefficient (Wildman–Crippen LogP) is 0.370. The zero-order chi connectivity index (χ0) is 17.0. The third-order valence-corrected chi connectivity index (χ3v) is 4.11. The molecule has 0 spiro atoms. The number of aliphatic hydroxyl groups is 1. The first kappa shape index (κ1) is 16.3. The fourth-order valence-corrected chi connectivity index (χ4v) is 3.03. The number of carbonyl (C=O) groups excluding carboxylic acids is 1. The van der Waals surface area contributed by atoms with E-state index in [0.29, 0.717) is 18.5 Å². The molecule has 1 saturated heterocycles. The first-order chi connectivity index (χ1) is 11.6. The molecule has 1 amide bonds. The van der Waals surface area contributed by atoms with Crippen molar-refractivity contribution in [3.8, 4) is 0 Å². The third-order valence-electron chi connectivity index (χ3n) is 4.11. The number of carbonyl (C=O) groups is 1. The van der Waals surface area contributed by atoms with Crippen molar-refractivity contribution < 1.29 is 9.90 Å². The number of amides is 1. The number of rotatable bonds is 4. The van der Waals surface area contributed by atoms with Crippen molar-refractivity contribution in [3.05, 3.63) is 42.9 Å². The van der Waals surface area contributed by atoms with Crippen LogP contribution in [0.3, 0.4) is 0 Å². The summed E-state index contributed by atoms with van der Waals surface area (Å²) in [6, 6.07) is 0. The summed E-state index contributed by atoms with van der Waals surface area (Å²) in [5.41, 5.74) is -0.583. The number of nitrogens with zero attached hydrogens (tertiary/aromatic N) is 6. The van der Waals surface area contributed by atoms with E-state index < -0.39 is 5.60 Å². The van der Waals surface area contributed by atoms with Gasteiger partial charge in [-0.2, -0.15) is 0 Å². The Morgan fingerprint density at radius 1 is 1.29 bits per heavy atom. The number of piperidine rings is 1. The van der Waals surface area contributed by atoms with Gasteiger partial charge in [0.25, 0.3) is 5.91 Å². The number of hydrogen-bond acceptors (Lipinski definition) is 7. The molecular formula is C16H20N6O2. The Morgan fingerprint density at radius 2 is 2.08 bits per heavy atom. The van der Waals surface area contributed by atoms with E-state index in [1.165, 1.54) is 23.6 Å². The van der Waals surface area contributed by atoms with Crippen LogP contribution >= 0.6 is 0 Å². The van der Waals surface area contributed by atoms with Crippen LogP contribution in [-0.4, -0.2) is 68.1 Å². The monoisotopic (exact) mass is 328 g/mol. The molecule has 0 unspecified atom stereocenters. The van der Waals surface area contributed by atoms with Crippen molar-refractivity contribution in [3.63, 3.8) is 0 Å². The molecule has 8 heteroatoms. The van der Waals surface area contributed by atoms with Crippen LogP contribution in [0.5, 0.6) is 0 Å². The molecule has 1 fully saturated rings. The summed E-state index contributed by atoms with van der Waals surface area (Å²) in [6.45, 7) is 1.46. The average molecular weight is 328 g/mol. The van der Waals surface area contributed by atoms with Gasteiger partial charge in [0.15, 0.2) is 0 Å². The summed E-state index contributed by atoms with van der Waals surface area (Å²) in [5, 5.41) is 11.0. The minimum absolute atomic E-state index is 0.208. The van der Waals surface area contributed by atoms with E-state index in [0.717, 1.165) is 18.8 Å². The van der Waals surface area contributed by atoms with Gasteiger partial charge >= 0.3 is 0 Å². The predicted molar refractivity (Wildman–Crippen MR) is 87.4 cm³/mol. The van der Waals surface area contributed by atoms with Gasteiger partial charge in [-0.1, -0.05) is 0 Å². The maximum atomic E-state index is 12.4. The van der Waals surface area contributed by atoms with Crippen molar-refractivity contribution in [1.29, 1.82) is 0 Å². The van der Waals surface area contributed by atoms with Gasteiger partial charge in [0.2, 0.25) is 0 Å². The molecule has 126 valence electrons. The topological polar surface area (TPSA) is 95.3 Å². The molecule has 0 radical (unpaired) electrons. The van der Waals surface area contributed by atoms with Gasteiger partial charge < -0.3 is 14.9 Å². The zero-order valence-electron chi connectivity index (χ0n) is 13.5. The molecule has 0 aromatic carbocycles. The lowest BCUT2D eigenvalue weighted by atomic mass is 9.92. The molecule has 1 aliphatic rings. The summed E-state index contributed by atoms with van der Waals surface area (Å²) in [6.07, 6.45) is 10.7. The van der Waals surface area contributed by atoms with E-state index in [4.69, 9.17) is 0 Å². The maximum absolute atomic E-state index is 12.4. The molecule has 3 rings (SSSR count). The lowest BCUT2D eigenvalue weighted by Gasteiger charge is -2.41. The second-order valence-electron chi connectivity index (χ2n) is 6.10. The number of hydrogen-bond donors (Lipinski definition) is 1. The SMILES string of the molecule is CN(C[C@@]1(O)CCCN(c2cnccn2)C1)C(=O)c1cncnc1. The van der Waals surface area contributed by atoms with Crippen LogP contribution in [0, 0.1) is 0 Å². The summed E-state index contributed by atoms with van der Waals surface area (Å²) < 4.78 is 0. The zero-order valence-corrected chi connectivity index (χ0v) is 13.5. The highest BCUT2D eigenvalue weighted by atomic mass is 16.3. The van der Waals surface area contributed by atoms with Gasteiger partial charge in [0.05, 0.1) is 23.9 Å². The Hall–Kier alpha value is -2.61.